The van der Waals surface area contributed by atoms with E-state index in [2.05, 4.69) is 9.88 Å². The maximum absolute atomic E-state index is 12.4. The number of piperidine rings is 1. The number of hydrogen-bond acceptors (Lipinski definition) is 4. The fourth-order valence-corrected chi connectivity index (χ4v) is 3.20. The average molecular weight is 263 g/mol. The van der Waals surface area contributed by atoms with Gasteiger partial charge in [-0.3, -0.25) is 9.69 Å². The standard InChI is InChI=1S/C14H21N3O2/c1-11-13(15-10-19-11)14(18)17-8-4-5-12(9-17)16-6-2-3-7-16/h10,12H,2-9H2,1H3. The van der Waals surface area contributed by atoms with Crippen LogP contribution in [0.1, 0.15) is 41.9 Å². The first-order valence-electron chi connectivity index (χ1n) is 7.19. The fourth-order valence-electron chi connectivity index (χ4n) is 3.20. The van der Waals surface area contributed by atoms with Crippen molar-refractivity contribution in [3.05, 3.63) is 17.8 Å². The van der Waals surface area contributed by atoms with Gasteiger partial charge in [0.05, 0.1) is 0 Å². The number of aromatic nitrogens is 1. The van der Waals surface area contributed by atoms with Crippen molar-refractivity contribution < 1.29 is 9.21 Å². The van der Waals surface area contributed by atoms with Crippen molar-refractivity contribution in [3.8, 4) is 0 Å². The maximum Gasteiger partial charge on any atom is 0.276 e. The summed E-state index contributed by atoms with van der Waals surface area (Å²) in [6.45, 7) is 5.86. The molecule has 1 atom stereocenters. The molecule has 0 spiro atoms. The summed E-state index contributed by atoms with van der Waals surface area (Å²) in [4.78, 5) is 20.9. The predicted molar refractivity (Wildman–Crippen MR) is 71.0 cm³/mol. The Kier molecular flexibility index (Phi) is 3.55. The molecule has 2 fully saturated rings. The van der Waals surface area contributed by atoms with Crippen LogP contribution < -0.4 is 0 Å². The molecule has 5 heteroatoms. The van der Waals surface area contributed by atoms with Gasteiger partial charge < -0.3 is 9.32 Å². The molecule has 5 nitrogen and oxygen atoms in total. The largest absolute Gasteiger partial charge is 0.448 e. The van der Waals surface area contributed by atoms with Crippen molar-refractivity contribution in [2.45, 2.75) is 38.6 Å². The molecule has 0 bridgehead atoms. The first-order chi connectivity index (χ1) is 9.25. The minimum absolute atomic E-state index is 0.0233. The molecule has 3 heterocycles. The lowest BCUT2D eigenvalue weighted by molar-refractivity contribution is 0.0601. The molecule has 2 aliphatic rings. The van der Waals surface area contributed by atoms with Gasteiger partial charge in [0.2, 0.25) is 0 Å². The Morgan fingerprint density at radius 3 is 2.79 bits per heavy atom. The molecule has 1 unspecified atom stereocenters. The molecule has 19 heavy (non-hydrogen) atoms. The van der Waals surface area contributed by atoms with Gasteiger partial charge in [-0.05, 0) is 45.7 Å². The molecule has 104 valence electrons. The second-order valence-electron chi connectivity index (χ2n) is 5.55. The van der Waals surface area contributed by atoms with Crippen LogP contribution >= 0.6 is 0 Å². The van der Waals surface area contributed by atoms with Crippen molar-refractivity contribution in [3.63, 3.8) is 0 Å². The highest BCUT2D eigenvalue weighted by Gasteiger charge is 2.30. The lowest BCUT2D eigenvalue weighted by Crippen LogP contribution is -2.49. The predicted octanol–water partition coefficient (Wildman–Crippen LogP) is 1.68. The number of amides is 1. The molecule has 2 aliphatic heterocycles. The van der Waals surface area contributed by atoms with Crippen LogP contribution in [-0.2, 0) is 0 Å². The molecule has 1 aromatic heterocycles. The number of rotatable bonds is 2. The van der Waals surface area contributed by atoms with Gasteiger partial charge in [-0.25, -0.2) is 4.98 Å². The Bertz CT molecular complexity index is 451. The van der Waals surface area contributed by atoms with E-state index in [9.17, 15) is 4.79 Å². The lowest BCUT2D eigenvalue weighted by atomic mass is 10.0. The van der Waals surface area contributed by atoms with Crippen LogP contribution in [0.4, 0.5) is 0 Å². The number of carbonyl (C=O) groups is 1. The van der Waals surface area contributed by atoms with Crippen molar-refractivity contribution in [1.82, 2.24) is 14.8 Å². The molecule has 0 aromatic carbocycles. The Labute approximate surface area is 113 Å². The van der Waals surface area contributed by atoms with Crippen LogP contribution in [0.2, 0.25) is 0 Å². The van der Waals surface area contributed by atoms with Gasteiger partial charge in [-0.15, -0.1) is 0 Å². The van der Waals surface area contributed by atoms with E-state index in [1.54, 1.807) is 6.92 Å². The van der Waals surface area contributed by atoms with Gasteiger partial charge in [-0.2, -0.15) is 0 Å². The van der Waals surface area contributed by atoms with Crippen molar-refractivity contribution in [2.75, 3.05) is 26.2 Å². The zero-order chi connectivity index (χ0) is 13.2. The normalized spacial score (nSPS) is 24.9. The molecule has 0 N–H and O–H groups in total. The summed E-state index contributed by atoms with van der Waals surface area (Å²) in [5, 5.41) is 0. The zero-order valence-corrected chi connectivity index (χ0v) is 11.5. The molecule has 0 radical (unpaired) electrons. The highest BCUT2D eigenvalue weighted by atomic mass is 16.3. The molecule has 2 saturated heterocycles. The van der Waals surface area contributed by atoms with Crippen LogP contribution in [0, 0.1) is 6.92 Å². The third-order valence-corrected chi connectivity index (χ3v) is 4.29. The van der Waals surface area contributed by atoms with E-state index in [0.29, 0.717) is 17.5 Å². The maximum atomic E-state index is 12.4. The molecule has 1 amide bonds. The SMILES string of the molecule is Cc1ocnc1C(=O)N1CCCC(N2CCCC2)C1. The van der Waals surface area contributed by atoms with E-state index in [4.69, 9.17) is 4.42 Å². The lowest BCUT2D eigenvalue weighted by Gasteiger charge is -2.37. The van der Waals surface area contributed by atoms with Crippen LogP contribution in [0.15, 0.2) is 10.8 Å². The Morgan fingerprint density at radius 2 is 2.11 bits per heavy atom. The van der Waals surface area contributed by atoms with Crippen LogP contribution in [0.3, 0.4) is 0 Å². The quantitative estimate of drug-likeness (QED) is 0.814. The Hall–Kier alpha value is -1.36. The first-order valence-corrected chi connectivity index (χ1v) is 7.19. The summed E-state index contributed by atoms with van der Waals surface area (Å²) in [6.07, 6.45) is 6.25. The van der Waals surface area contributed by atoms with Gasteiger partial charge >= 0.3 is 0 Å². The molecular weight excluding hydrogens is 242 g/mol. The third-order valence-electron chi connectivity index (χ3n) is 4.29. The number of oxazole rings is 1. The second kappa shape index (κ2) is 5.33. The Morgan fingerprint density at radius 1 is 1.32 bits per heavy atom. The first kappa shape index (κ1) is 12.7. The van der Waals surface area contributed by atoms with Gasteiger partial charge in [0.25, 0.3) is 5.91 Å². The molecule has 0 saturated carbocycles. The van der Waals surface area contributed by atoms with E-state index in [-0.39, 0.29) is 5.91 Å². The van der Waals surface area contributed by atoms with Crippen molar-refractivity contribution in [2.24, 2.45) is 0 Å². The molecule has 1 aromatic rings. The zero-order valence-electron chi connectivity index (χ0n) is 11.5. The highest BCUT2D eigenvalue weighted by Crippen LogP contribution is 2.22. The highest BCUT2D eigenvalue weighted by molar-refractivity contribution is 5.93. The van der Waals surface area contributed by atoms with Crippen LogP contribution in [-0.4, -0.2) is 52.9 Å². The summed E-state index contributed by atoms with van der Waals surface area (Å²) >= 11 is 0. The monoisotopic (exact) mass is 263 g/mol. The summed E-state index contributed by atoms with van der Waals surface area (Å²) in [6, 6.07) is 0.535. The summed E-state index contributed by atoms with van der Waals surface area (Å²) in [5.41, 5.74) is 0.474. The van der Waals surface area contributed by atoms with Crippen molar-refractivity contribution in [1.29, 1.82) is 0 Å². The summed E-state index contributed by atoms with van der Waals surface area (Å²) in [5.74, 6) is 0.642. The van der Waals surface area contributed by atoms with Crippen molar-refractivity contribution >= 4 is 5.91 Å². The number of nitrogens with zero attached hydrogens (tertiary/aromatic N) is 3. The van der Waals surface area contributed by atoms with E-state index < -0.39 is 0 Å². The average Bonchev–Trinajstić information content (AvgIpc) is 3.09. The third kappa shape index (κ3) is 2.52. The van der Waals surface area contributed by atoms with Gasteiger partial charge in [0, 0.05) is 19.1 Å². The van der Waals surface area contributed by atoms with Crippen LogP contribution in [0.25, 0.3) is 0 Å². The second-order valence-corrected chi connectivity index (χ2v) is 5.55. The molecular formula is C14H21N3O2. The van der Waals surface area contributed by atoms with E-state index in [0.717, 1.165) is 19.5 Å². The number of hydrogen-bond donors (Lipinski definition) is 0. The van der Waals surface area contributed by atoms with E-state index >= 15 is 0 Å². The number of likely N-dealkylation sites (tertiary alicyclic amines) is 2. The molecule has 0 aliphatic carbocycles. The Balaban J connectivity index is 1.67. The molecule has 3 rings (SSSR count). The van der Waals surface area contributed by atoms with Gasteiger partial charge in [0.1, 0.15) is 5.76 Å². The van der Waals surface area contributed by atoms with Gasteiger partial charge in [-0.1, -0.05) is 0 Å². The van der Waals surface area contributed by atoms with Crippen LogP contribution in [0.5, 0.6) is 0 Å². The number of carbonyl (C=O) groups excluding carboxylic acids is 1. The fraction of sp³-hybridized carbons (Fsp3) is 0.714. The van der Waals surface area contributed by atoms with E-state index in [1.807, 2.05) is 4.90 Å². The summed E-state index contributed by atoms with van der Waals surface area (Å²) in [7, 11) is 0. The minimum atomic E-state index is 0.0233. The van der Waals surface area contributed by atoms with Gasteiger partial charge in [0.15, 0.2) is 12.1 Å². The summed E-state index contributed by atoms with van der Waals surface area (Å²) < 4.78 is 5.13. The van der Waals surface area contributed by atoms with E-state index in [1.165, 1.54) is 38.7 Å². The minimum Gasteiger partial charge on any atom is -0.448 e. The topological polar surface area (TPSA) is 49.6 Å². The number of aryl methyl sites for hydroxylation is 1. The smallest absolute Gasteiger partial charge is 0.276 e.